The van der Waals surface area contributed by atoms with E-state index in [1.165, 1.54) is 38.4 Å². The number of rotatable bonds is 5. The third-order valence-corrected chi connectivity index (χ3v) is 5.92. The molecule has 2 saturated carbocycles. The van der Waals surface area contributed by atoms with Gasteiger partial charge in [-0.2, -0.15) is 0 Å². The summed E-state index contributed by atoms with van der Waals surface area (Å²) in [6, 6.07) is 5.90. The molecule has 122 valence electrons. The Morgan fingerprint density at radius 1 is 1.18 bits per heavy atom. The lowest BCUT2D eigenvalue weighted by molar-refractivity contribution is 0.303. The van der Waals surface area contributed by atoms with E-state index in [2.05, 4.69) is 5.32 Å². The normalized spacial score (nSPS) is 25.9. The van der Waals surface area contributed by atoms with Crippen LogP contribution in [0.4, 0.5) is 5.69 Å². The fourth-order valence-corrected chi connectivity index (χ4v) is 4.65. The largest absolute Gasteiger partial charge is 0.382 e. The molecule has 3 rings (SSSR count). The van der Waals surface area contributed by atoms with Gasteiger partial charge in [0.1, 0.15) is 0 Å². The van der Waals surface area contributed by atoms with Gasteiger partial charge in [-0.3, -0.25) is 0 Å². The van der Waals surface area contributed by atoms with E-state index in [1.807, 2.05) is 12.1 Å². The van der Waals surface area contributed by atoms with Crippen LogP contribution < -0.4 is 5.32 Å². The zero-order chi connectivity index (χ0) is 15.7. The summed E-state index contributed by atoms with van der Waals surface area (Å²) in [5, 5.41) is 4.22. The van der Waals surface area contributed by atoms with Crippen molar-refractivity contribution in [1.82, 2.24) is 0 Å². The van der Waals surface area contributed by atoms with Gasteiger partial charge in [-0.05, 0) is 55.2 Å². The number of nitrogens with one attached hydrogen (secondary N) is 1. The Morgan fingerprint density at radius 2 is 1.95 bits per heavy atom. The number of benzene rings is 1. The van der Waals surface area contributed by atoms with Gasteiger partial charge in [0.25, 0.3) is 0 Å². The van der Waals surface area contributed by atoms with Crippen LogP contribution in [0, 0.1) is 11.8 Å². The number of halogens is 1. The molecule has 1 aromatic carbocycles. The van der Waals surface area contributed by atoms with E-state index in [0.717, 1.165) is 29.5 Å². The molecule has 0 saturated heterocycles. The van der Waals surface area contributed by atoms with Crippen molar-refractivity contribution < 1.29 is 8.42 Å². The molecule has 0 radical (unpaired) electrons. The number of sulfone groups is 1. The second-order valence-corrected chi connectivity index (χ2v) is 9.55. The highest BCUT2D eigenvalue weighted by Crippen LogP contribution is 2.44. The first-order valence-electron chi connectivity index (χ1n) is 8.13. The average molecular weight is 342 g/mol. The predicted octanol–water partition coefficient (Wildman–Crippen LogP) is 4.27. The van der Waals surface area contributed by atoms with Crippen molar-refractivity contribution in [1.29, 1.82) is 0 Å². The minimum Gasteiger partial charge on any atom is -0.382 e. The van der Waals surface area contributed by atoms with Gasteiger partial charge in [-0.25, -0.2) is 8.42 Å². The lowest BCUT2D eigenvalue weighted by Crippen LogP contribution is -2.28. The molecule has 0 bridgehead atoms. The summed E-state index contributed by atoms with van der Waals surface area (Å²) in [7, 11) is -3.05. The Kier molecular flexibility index (Phi) is 4.69. The Bertz CT molecular complexity index is 640. The molecule has 0 unspecified atom stereocenters. The van der Waals surface area contributed by atoms with E-state index in [0.29, 0.717) is 11.1 Å². The molecular weight excluding hydrogens is 318 g/mol. The minimum atomic E-state index is -3.05. The molecule has 0 aromatic heterocycles. The summed E-state index contributed by atoms with van der Waals surface area (Å²) >= 11 is 6.11. The van der Waals surface area contributed by atoms with Gasteiger partial charge in [-0.1, -0.05) is 30.5 Å². The van der Waals surface area contributed by atoms with Crippen LogP contribution in [0.25, 0.3) is 0 Å². The van der Waals surface area contributed by atoms with Gasteiger partial charge in [0.15, 0.2) is 9.84 Å². The molecule has 22 heavy (non-hydrogen) atoms. The summed E-state index contributed by atoms with van der Waals surface area (Å²) in [6.45, 7) is 0. The van der Waals surface area contributed by atoms with Crippen molar-refractivity contribution in [3.05, 3.63) is 28.8 Å². The summed E-state index contributed by atoms with van der Waals surface area (Å²) in [4.78, 5) is 0. The maximum atomic E-state index is 11.6. The van der Waals surface area contributed by atoms with E-state index in [9.17, 15) is 8.42 Å². The van der Waals surface area contributed by atoms with Crippen LogP contribution in [-0.4, -0.2) is 20.7 Å². The van der Waals surface area contributed by atoms with E-state index < -0.39 is 9.84 Å². The first-order chi connectivity index (χ1) is 10.4. The highest BCUT2D eigenvalue weighted by Gasteiger charge is 2.34. The van der Waals surface area contributed by atoms with Crippen molar-refractivity contribution in [2.24, 2.45) is 11.8 Å². The van der Waals surface area contributed by atoms with Crippen LogP contribution >= 0.6 is 11.6 Å². The summed E-state index contributed by atoms with van der Waals surface area (Å²) in [5.41, 5.74) is 1.71. The van der Waals surface area contributed by atoms with Gasteiger partial charge < -0.3 is 5.32 Å². The van der Waals surface area contributed by atoms with Gasteiger partial charge in [0.2, 0.25) is 0 Å². The van der Waals surface area contributed by atoms with Gasteiger partial charge in [0.05, 0.1) is 5.75 Å². The van der Waals surface area contributed by atoms with Gasteiger partial charge >= 0.3 is 0 Å². The Hall–Kier alpha value is -0.740. The van der Waals surface area contributed by atoms with Crippen LogP contribution in [-0.2, 0) is 15.6 Å². The standard InChI is InChI=1S/C17H24ClNO2S/c1-22(20,21)11-14-7-8-15(18)10-17(14)19-16-4-2-3-13(9-16)12-5-6-12/h7-8,10,12-13,16,19H,2-6,9,11H2,1H3/t13-,16-/m0/s1. The molecule has 5 heteroatoms. The molecule has 2 aliphatic carbocycles. The van der Waals surface area contributed by atoms with Crippen molar-refractivity contribution >= 4 is 27.1 Å². The Balaban J connectivity index is 1.74. The van der Waals surface area contributed by atoms with Crippen LogP contribution in [0.3, 0.4) is 0 Å². The van der Waals surface area contributed by atoms with Gasteiger partial charge in [-0.15, -0.1) is 0 Å². The number of hydrogen-bond acceptors (Lipinski definition) is 3. The molecular formula is C17H24ClNO2S. The predicted molar refractivity (Wildman–Crippen MR) is 92.1 cm³/mol. The summed E-state index contributed by atoms with van der Waals surface area (Å²) in [6.07, 6.45) is 9.05. The van der Waals surface area contributed by atoms with Crippen LogP contribution in [0.1, 0.15) is 44.1 Å². The van der Waals surface area contributed by atoms with Crippen molar-refractivity contribution in [2.45, 2.75) is 50.3 Å². The smallest absolute Gasteiger partial charge is 0.151 e. The maximum Gasteiger partial charge on any atom is 0.151 e. The third-order valence-electron chi connectivity index (χ3n) is 4.85. The molecule has 0 aliphatic heterocycles. The Labute approximate surface area is 138 Å². The quantitative estimate of drug-likeness (QED) is 0.870. The first kappa shape index (κ1) is 16.1. The third kappa shape index (κ3) is 4.39. The number of hydrogen-bond donors (Lipinski definition) is 1. The lowest BCUT2D eigenvalue weighted by atomic mass is 9.82. The molecule has 1 aromatic rings. The fourth-order valence-electron chi connectivity index (χ4n) is 3.67. The molecule has 2 aliphatic rings. The first-order valence-corrected chi connectivity index (χ1v) is 10.6. The van der Waals surface area contributed by atoms with E-state index in [-0.39, 0.29) is 5.75 Å². The second kappa shape index (κ2) is 6.40. The highest BCUT2D eigenvalue weighted by atomic mass is 35.5. The molecule has 3 nitrogen and oxygen atoms in total. The van der Waals surface area contributed by atoms with Crippen LogP contribution in [0.5, 0.6) is 0 Å². The maximum absolute atomic E-state index is 11.6. The molecule has 0 spiro atoms. The van der Waals surface area contributed by atoms with E-state index in [4.69, 9.17) is 11.6 Å². The van der Waals surface area contributed by atoms with Gasteiger partial charge in [0, 0.05) is 23.0 Å². The summed E-state index contributed by atoms with van der Waals surface area (Å²) < 4.78 is 23.2. The molecule has 0 heterocycles. The topological polar surface area (TPSA) is 46.2 Å². The zero-order valence-corrected chi connectivity index (χ0v) is 14.6. The molecule has 2 fully saturated rings. The molecule has 0 amide bonds. The van der Waals surface area contributed by atoms with Crippen molar-refractivity contribution in [2.75, 3.05) is 11.6 Å². The monoisotopic (exact) mass is 341 g/mol. The zero-order valence-electron chi connectivity index (χ0n) is 13.0. The molecule has 1 N–H and O–H groups in total. The van der Waals surface area contributed by atoms with E-state index >= 15 is 0 Å². The van der Waals surface area contributed by atoms with Crippen molar-refractivity contribution in [3.8, 4) is 0 Å². The van der Waals surface area contributed by atoms with Crippen LogP contribution in [0.15, 0.2) is 18.2 Å². The summed E-state index contributed by atoms with van der Waals surface area (Å²) in [5.74, 6) is 1.86. The van der Waals surface area contributed by atoms with Crippen LogP contribution in [0.2, 0.25) is 5.02 Å². The lowest BCUT2D eigenvalue weighted by Gasteiger charge is -2.31. The Morgan fingerprint density at radius 3 is 2.64 bits per heavy atom. The SMILES string of the molecule is CS(=O)(=O)Cc1ccc(Cl)cc1N[C@H]1CCC[C@H](C2CC2)C1. The second-order valence-electron chi connectivity index (χ2n) is 6.98. The highest BCUT2D eigenvalue weighted by molar-refractivity contribution is 7.89. The fraction of sp³-hybridized carbons (Fsp3) is 0.647. The minimum absolute atomic E-state index is 0.0608. The van der Waals surface area contributed by atoms with E-state index in [1.54, 1.807) is 6.07 Å². The average Bonchev–Trinajstić information content (AvgIpc) is 3.25. The van der Waals surface area contributed by atoms with Crippen molar-refractivity contribution in [3.63, 3.8) is 0 Å². The molecule has 2 atom stereocenters. The number of anilines is 1.